The molecule has 2 heterocycles. The van der Waals surface area contributed by atoms with E-state index in [-0.39, 0.29) is 42.0 Å². The summed E-state index contributed by atoms with van der Waals surface area (Å²) in [6.07, 6.45) is 1.42. The van der Waals surface area contributed by atoms with Crippen molar-refractivity contribution in [3.63, 3.8) is 0 Å². The minimum atomic E-state index is -1.07. The summed E-state index contributed by atoms with van der Waals surface area (Å²) >= 11 is 5.86. The number of pyridine rings is 1. The summed E-state index contributed by atoms with van der Waals surface area (Å²) in [5, 5.41) is 0. The third kappa shape index (κ3) is 5.07. The largest absolute Gasteiger partial charge is 0.460 e. The third-order valence-corrected chi connectivity index (χ3v) is 5.37. The highest BCUT2D eigenvalue weighted by atomic mass is 35.5. The number of fused-ring (bicyclic) bond motifs is 1. The molecule has 9 heteroatoms. The van der Waals surface area contributed by atoms with Crippen LogP contribution in [0.15, 0.2) is 30.5 Å². The highest BCUT2D eigenvalue weighted by molar-refractivity contribution is 6.17. The van der Waals surface area contributed by atoms with E-state index in [4.69, 9.17) is 22.1 Å². The number of benzene rings is 1. The van der Waals surface area contributed by atoms with Crippen molar-refractivity contribution in [3.8, 4) is 11.3 Å². The van der Waals surface area contributed by atoms with Gasteiger partial charge in [0, 0.05) is 35.2 Å². The second kappa shape index (κ2) is 9.24. The van der Waals surface area contributed by atoms with Crippen molar-refractivity contribution in [1.82, 2.24) is 9.88 Å². The Morgan fingerprint density at radius 3 is 2.59 bits per heavy atom. The Balaban J connectivity index is 1.84. The highest BCUT2D eigenvalue weighted by Gasteiger charge is 2.38. The minimum absolute atomic E-state index is 0.0161. The van der Waals surface area contributed by atoms with Crippen LogP contribution in [-0.4, -0.2) is 39.3 Å². The molecule has 2 amide bonds. The van der Waals surface area contributed by atoms with E-state index in [1.54, 1.807) is 32.9 Å². The number of aromatic nitrogens is 1. The number of carbonyl (C=O) groups excluding carboxylic acids is 3. The molecular weight excluding hydrogens is 437 g/mol. The van der Waals surface area contributed by atoms with Crippen LogP contribution in [0.1, 0.15) is 55.1 Å². The van der Waals surface area contributed by atoms with E-state index < -0.39 is 35.2 Å². The maximum Gasteiger partial charge on any atom is 0.306 e. The van der Waals surface area contributed by atoms with Gasteiger partial charge >= 0.3 is 5.97 Å². The summed E-state index contributed by atoms with van der Waals surface area (Å²) in [4.78, 5) is 42.5. The first-order chi connectivity index (χ1) is 15.0. The van der Waals surface area contributed by atoms with Gasteiger partial charge in [-0.3, -0.25) is 19.4 Å². The van der Waals surface area contributed by atoms with Crippen LogP contribution in [0.5, 0.6) is 0 Å². The van der Waals surface area contributed by atoms with E-state index in [2.05, 4.69) is 4.98 Å². The van der Waals surface area contributed by atoms with Gasteiger partial charge in [-0.1, -0.05) is 0 Å². The molecule has 170 valence electrons. The predicted octanol–water partition coefficient (Wildman–Crippen LogP) is 3.56. The molecule has 0 saturated carbocycles. The zero-order valence-corrected chi connectivity index (χ0v) is 18.9. The second-order valence-corrected chi connectivity index (χ2v) is 8.88. The molecule has 1 unspecified atom stereocenters. The maximum absolute atomic E-state index is 15.4. The van der Waals surface area contributed by atoms with Crippen LogP contribution in [0.3, 0.4) is 0 Å². The lowest BCUT2D eigenvalue weighted by Gasteiger charge is -2.25. The molecule has 1 aromatic carbocycles. The Labute approximate surface area is 190 Å². The quantitative estimate of drug-likeness (QED) is 0.501. The number of primary amides is 1. The number of esters is 1. The van der Waals surface area contributed by atoms with Crippen LogP contribution < -0.4 is 5.73 Å². The van der Waals surface area contributed by atoms with Gasteiger partial charge < -0.3 is 15.4 Å². The number of rotatable bonds is 7. The van der Waals surface area contributed by atoms with Crippen LogP contribution in [0.4, 0.5) is 4.39 Å². The monoisotopic (exact) mass is 461 g/mol. The number of ether oxygens (including phenoxy) is 1. The van der Waals surface area contributed by atoms with E-state index in [1.807, 2.05) is 0 Å². The van der Waals surface area contributed by atoms with Crippen molar-refractivity contribution in [2.45, 2.75) is 57.7 Å². The number of alkyl halides is 1. The summed E-state index contributed by atoms with van der Waals surface area (Å²) in [7, 11) is 0. The number of nitrogens with two attached hydrogens (primary N) is 1. The molecule has 2 aromatic rings. The molecule has 3 rings (SSSR count). The predicted molar refractivity (Wildman–Crippen MR) is 117 cm³/mol. The molecule has 0 spiro atoms. The first kappa shape index (κ1) is 23.7. The van der Waals surface area contributed by atoms with Crippen molar-refractivity contribution in [2.24, 2.45) is 5.73 Å². The van der Waals surface area contributed by atoms with Crippen LogP contribution >= 0.6 is 11.6 Å². The fourth-order valence-electron chi connectivity index (χ4n) is 3.63. The van der Waals surface area contributed by atoms with Crippen molar-refractivity contribution < 1.29 is 23.5 Å². The Morgan fingerprint density at radius 1 is 1.28 bits per heavy atom. The molecule has 1 aliphatic heterocycles. The zero-order valence-electron chi connectivity index (χ0n) is 18.2. The molecule has 1 aromatic heterocycles. The molecule has 32 heavy (non-hydrogen) atoms. The van der Waals surface area contributed by atoms with Crippen LogP contribution in [0, 0.1) is 5.82 Å². The van der Waals surface area contributed by atoms with Gasteiger partial charge in [0.25, 0.3) is 5.91 Å². The van der Waals surface area contributed by atoms with Crippen molar-refractivity contribution >= 4 is 29.4 Å². The third-order valence-electron chi connectivity index (χ3n) is 5.06. The Bertz CT molecular complexity index is 1070. The average molecular weight is 462 g/mol. The molecule has 2 N–H and O–H groups in total. The topological polar surface area (TPSA) is 103 Å². The summed E-state index contributed by atoms with van der Waals surface area (Å²) in [5.74, 6) is -2.13. The number of amides is 2. The van der Waals surface area contributed by atoms with Crippen molar-refractivity contribution in [1.29, 1.82) is 0 Å². The average Bonchev–Trinajstić information content (AvgIpc) is 3.04. The lowest BCUT2D eigenvalue weighted by Crippen LogP contribution is -2.45. The molecule has 0 fully saturated rings. The molecule has 0 bridgehead atoms. The van der Waals surface area contributed by atoms with Crippen LogP contribution in [0.2, 0.25) is 0 Å². The Kier molecular flexibility index (Phi) is 6.83. The number of hydrogen-bond donors (Lipinski definition) is 1. The van der Waals surface area contributed by atoms with Crippen molar-refractivity contribution in [2.75, 3.05) is 0 Å². The molecule has 1 atom stereocenters. The minimum Gasteiger partial charge on any atom is -0.460 e. The molecule has 1 aliphatic rings. The van der Waals surface area contributed by atoms with Crippen LogP contribution in [0.25, 0.3) is 11.3 Å². The highest BCUT2D eigenvalue weighted by Crippen LogP contribution is 2.33. The standard InChI is InChI=1S/C23H25ClFN3O4/c1-23(2,3)32-19(29)7-6-18(21(26)30)28-12-16-14(22(28)31)4-5-15(20(16)25)17-10-13(11-24)8-9-27-17/h4-5,8-10,18H,6-7,11-12H2,1-3H3,(H2,26,30). The normalized spacial score (nSPS) is 14.3. The van der Waals surface area contributed by atoms with Gasteiger partial charge in [0.2, 0.25) is 5.91 Å². The molecule has 0 saturated heterocycles. The lowest BCUT2D eigenvalue weighted by molar-refractivity contribution is -0.155. The van der Waals surface area contributed by atoms with Gasteiger partial charge in [-0.25, -0.2) is 4.39 Å². The van der Waals surface area contributed by atoms with Gasteiger partial charge in [-0.05, 0) is 57.0 Å². The fraction of sp³-hybridized carbons (Fsp3) is 0.391. The van der Waals surface area contributed by atoms with Crippen LogP contribution in [-0.2, 0) is 26.8 Å². The van der Waals surface area contributed by atoms with Gasteiger partial charge in [-0.2, -0.15) is 0 Å². The fourth-order valence-corrected chi connectivity index (χ4v) is 3.79. The SMILES string of the molecule is CC(C)(C)OC(=O)CCC(C(N)=O)N1Cc2c(ccc(-c3cc(CCl)ccn3)c2F)C1=O. The van der Waals surface area contributed by atoms with E-state index in [9.17, 15) is 14.4 Å². The zero-order chi connectivity index (χ0) is 23.6. The first-order valence-corrected chi connectivity index (χ1v) is 10.7. The summed E-state index contributed by atoms with van der Waals surface area (Å²) in [6.45, 7) is 5.06. The summed E-state index contributed by atoms with van der Waals surface area (Å²) in [5.41, 5.74) is 6.57. The van der Waals surface area contributed by atoms with Gasteiger partial charge in [0.15, 0.2) is 0 Å². The Morgan fingerprint density at radius 2 is 1.97 bits per heavy atom. The van der Waals surface area contributed by atoms with Crippen molar-refractivity contribution in [3.05, 3.63) is 53.0 Å². The first-order valence-electron chi connectivity index (χ1n) is 10.2. The van der Waals surface area contributed by atoms with E-state index >= 15 is 4.39 Å². The number of halogens is 2. The van der Waals surface area contributed by atoms with E-state index in [0.29, 0.717) is 5.69 Å². The van der Waals surface area contributed by atoms with Gasteiger partial charge in [0.05, 0.1) is 12.2 Å². The summed E-state index contributed by atoms with van der Waals surface area (Å²) in [6, 6.07) is 5.34. The maximum atomic E-state index is 15.4. The molecule has 0 aliphatic carbocycles. The van der Waals surface area contributed by atoms with E-state index in [0.717, 1.165) is 5.56 Å². The molecule has 0 radical (unpaired) electrons. The number of nitrogens with zero attached hydrogens (tertiary/aromatic N) is 2. The van der Waals surface area contributed by atoms with E-state index in [1.165, 1.54) is 23.2 Å². The summed E-state index contributed by atoms with van der Waals surface area (Å²) < 4.78 is 20.6. The smallest absolute Gasteiger partial charge is 0.306 e. The Hall–Kier alpha value is -3.00. The molecular formula is C23H25ClFN3O4. The number of carbonyl (C=O) groups is 3. The number of hydrogen-bond acceptors (Lipinski definition) is 5. The van der Waals surface area contributed by atoms with Gasteiger partial charge in [-0.15, -0.1) is 11.6 Å². The lowest BCUT2D eigenvalue weighted by atomic mass is 10.0. The van der Waals surface area contributed by atoms with Gasteiger partial charge in [0.1, 0.15) is 17.5 Å². The molecule has 7 nitrogen and oxygen atoms in total. The second-order valence-electron chi connectivity index (χ2n) is 8.61.